The smallest absolute Gasteiger partial charge is 0.251 e. The first kappa shape index (κ1) is 31.0. The van der Waals surface area contributed by atoms with Crippen molar-refractivity contribution in [3.8, 4) is 5.75 Å². The average Bonchev–Trinajstić information content (AvgIpc) is 3.51. The van der Waals surface area contributed by atoms with E-state index in [1.165, 1.54) is 69.2 Å². The summed E-state index contributed by atoms with van der Waals surface area (Å²) in [6, 6.07) is 13.8. The molecule has 1 aliphatic rings. The first-order valence-corrected chi connectivity index (χ1v) is 16.0. The number of nitrogens with zero attached hydrogens (tertiary/aromatic N) is 1. The maximum Gasteiger partial charge on any atom is 0.251 e. The van der Waals surface area contributed by atoms with Gasteiger partial charge in [0.05, 0.1) is 31.6 Å². The third-order valence-electron chi connectivity index (χ3n) is 7.44. The van der Waals surface area contributed by atoms with Crippen molar-refractivity contribution in [3.05, 3.63) is 77.5 Å². The molecule has 4 rings (SSSR count). The fourth-order valence-corrected chi connectivity index (χ4v) is 6.12. The molecule has 222 valence electrons. The van der Waals surface area contributed by atoms with Gasteiger partial charge in [0.25, 0.3) is 5.91 Å². The van der Waals surface area contributed by atoms with Crippen molar-refractivity contribution in [1.82, 2.24) is 5.32 Å². The Morgan fingerprint density at radius 1 is 1.05 bits per heavy atom. The van der Waals surface area contributed by atoms with Gasteiger partial charge in [0.15, 0.2) is 0 Å². The van der Waals surface area contributed by atoms with E-state index in [2.05, 4.69) is 12.2 Å². The fraction of sp³-hybridized carbons (Fsp3) is 0.485. The van der Waals surface area contributed by atoms with Gasteiger partial charge in [0.2, 0.25) is 0 Å². The van der Waals surface area contributed by atoms with Crippen LogP contribution in [0.1, 0.15) is 92.8 Å². The Labute approximate surface area is 247 Å². The van der Waals surface area contributed by atoms with E-state index in [-0.39, 0.29) is 18.3 Å². The Morgan fingerprint density at radius 3 is 2.54 bits per heavy atom. The summed E-state index contributed by atoms with van der Waals surface area (Å²) in [5, 5.41) is 13.7. The molecule has 0 spiro atoms. The van der Waals surface area contributed by atoms with Crippen molar-refractivity contribution < 1.29 is 23.4 Å². The number of carbonyl (C=O) groups is 1. The van der Waals surface area contributed by atoms with Gasteiger partial charge in [0.1, 0.15) is 23.6 Å². The van der Waals surface area contributed by atoms with Crippen molar-refractivity contribution in [2.45, 2.75) is 95.3 Å². The number of unbranched alkanes of at least 4 members (excludes halogenated alkanes) is 9. The number of anilines is 1. The van der Waals surface area contributed by atoms with Crippen LogP contribution in [-0.2, 0) is 13.1 Å². The molecule has 41 heavy (non-hydrogen) atoms. The van der Waals surface area contributed by atoms with E-state index in [0.29, 0.717) is 41.5 Å². The lowest BCUT2D eigenvalue weighted by Crippen LogP contribution is -2.39. The van der Waals surface area contributed by atoms with Gasteiger partial charge in [-0.25, -0.2) is 4.39 Å². The SMILES string of the molecule is CCCCCCCCCCCCOc1cccc(F)c1CN1c2ccc(C(=O)NCc3ccco3)cc2SCC1O. The molecule has 1 amide bonds. The molecule has 1 unspecified atom stereocenters. The third kappa shape index (κ3) is 9.27. The highest BCUT2D eigenvalue weighted by atomic mass is 32.2. The summed E-state index contributed by atoms with van der Waals surface area (Å²) in [4.78, 5) is 15.4. The highest BCUT2D eigenvalue weighted by molar-refractivity contribution is 7.99. The molecule has 8 heteroatoms. The summed E-state index contributed by atoms with van der Waals surface area (Å²) in [6.45, 7) is 3.25. The molecular weight excluding hydrogens is 539 g/mol. The maximum atomic E-state index is 15.1. The molecule has 6 nitrogen and oxygen atoms in total. The number of hydrogen-bond donors (Lipinski definition) is 2. The zero-order chi connectivity index (χ0) is 28.9. The Morgan fingerprint density at radius 2 is 1.80 bits per heavy atom. The van der Waals surface area contributed by atoms with Crippen LogP contribution in [0.2, 0.25) is 0 Å². The Bertz CT molecular complexity index is 1220. The second kappa shape index (κ2) is 16.5. The van der Waals surface area contributed by atoms with E-state index in [1.807, 2.05) is 12.1 Å². The van der Waals surface area contributed by atoms with Crippen LogP contribution in [0.15, 0.2) is 64.1 Å². The van der Waals surface area contributed by atoms with Crippen molar-refractivity contribution in [3.63, 3.8) is 0 Å². The zero-order valence-electron chi connectivity index (χ0n) is 24.1. The molecule has 1 aromatic heterocycles. The number of fused-ring (bicyclic) bond motifs is 1. The van der Waals surface area contributed by atoms with E-state index in [1.54, 1.807) is 41.5 Å². The Balaban J connectivity index is 1.31. The number of carbonyl (C=O) groups excluding carboxylic acids is 1. The lowest BCUT2D eigenvalue weighted by molar-refractivity contribution is 0.0948. The summed E-state index contributed by atoms with van der Waals surface area (Å²) in [5.41, 5.74) is 1.71. The van der Waals surface area contributed by atoms with Crippen LogP contribution >= 0.6 is 11.8 Å². The lowest BCUT2D eigenvalue weighted by Gasteiger charge is -2.36. The van der Waals surface area contributed by atoms with Gasteiger partial charge >= 0.3 is 0 Å². The number of ether oxygens (including phenoxy) is 1. The molecular formula is C33H43FN2O4S. The molecule has 3 aromatic rings. The minimum absolute atomic E-state index is 0.165. The molecule has 1 aliphatic heterocycles. The van der Waals surface area contributed by atoms with Crippen LogP contribution < -0.4 is 15.0 Å². The number of benzene rings is 2. The number of halogens is 1. The molecule has 2 N–H and O–H groups in total. The van der Waals surface area contributed by atoms with Gasteiger partial charge in [-0.05, 0) is 48.9 Å². The first-order chi connectivity index (χ1) is 20.1. The van der Waals surface area contributed by atoms with Crippen molar-refractivity contribution in [1.29, 1.82) is 0 Å². The van der Waals surface area contributed by atoms with Crippen molar-refractivity contribution in [2.75, 3.05) is 17.3 Å². The molecule has 0 bridgehead atoms. The van der Waals surface area contributed by atoms with Crippen molar-refractivity contribution >= 4 is 23.4 Å². The van der Waals surface area contributed by atoms with Gasteiger partial charge in [-0.3, -0.25) is 4.79 Å². The van der Waals surface area contributed by atoms with Gasteiger partial charge in [-0.1, -0.05) is 70.8 Å². The summed E-state index contributed by atoms with van der Waals surface area (Å²) >= 11 is 1.48. The Hall–Kier alpha value is -2.97. The average molecular weight is 583 g/mol. The van der Waals surface area contributed by atoms with Gasteiger partial charge in [0, 0.05) is 21.8 Å². The third-order valence-corrected chi connectivity index (χ3v) is 8.54. The molecule has 0 saturated heterocycles. The van der Waals surface area contributed by atoms with Gasteiger partial charge in [-0.15, -0.1) is 11.8 Å². The molecule has 0 aliphatic carbocycles. The number of rotatable bonds is 17. The maximum absolute atomic E-state index is 15.1. The molecule has 1 atom stereocenters. The van der Waals surface area contributed by atoms with Gasteiger partial charge in [-0.2, -0.15) is 0 Å². The standard InChI is InChI=1S/C33H43FN2O4S/c1-2-3-4-5-6-7-8-9-10-11-19-40-30-16-12-15-28(34)27(30)23-36-29-18-17-25(21-31(29)41-24-32(36)37)33(38)35-22-26-14-13-20-39-26/h12-18,20-21,32,37H,2-11,19,22-24H2,1H3,(H,35,38). The second-order valence-electron chi connectivity index (χ2n) is 10.6. The van der Waals surface area contributed by atoms with E-state index in [4.69, 9.17) is 9.15 Å². The predicted molar refractivity (Wildman–Crippen MR) is 163 cm³/mol. The predicted octanol–water partition coefficient (Wildman–Crippen LogP) is 8.08. The monoisotopic (exact) mass is 582 g/mol. The summed E-state index contributed by atoms with van der Waals surface area (Å²) in [5.74, 6) is 1.04. The lowest BCUT2D eigenvalue weighted by atomic mass is 10.1. The number of furan rings is 1. The van der Waals surface area contributed by atoms with Crippen LogP contribution in [0.3, 0.4) is 0 Å². The number of hydrogen-bond acceptors (Lipinski definition) is 6. The number of aliphatic hydroxyl groups is 1. The fourth-order valence-electron chi connectivity index (χ4n) is 5.07. The number of aliphatic hydroxyl groups excluding tert-OH is 1. The Kier molecular flexibility index (Phi) is 12.4. The van der Waals surface area contributed by atoms with Crippen LogP contribution in [0.4, 0.5) is 10.1 Å². The zero-order valence-corrected chi connectivity index (χ0v) is 24.9. The number of amides is 1. The molecule has 0 fully saturated rings. The molecule has 2 aromatic carbocycles. The highest BCUT2D eigenvalue weighted by Crippen LogP contribution is 2.39. The van der Waals surface area contributed by atoms with Crippen LogP contribution in [0.25, 0.3) is 0 Å². The van der Waals surface area contributed by atoms with E-state index in [9.17, 15) is 9.90 Å². The van der Waals surface area contributed by atoms with E-state index >= 15 is 4.39 Å². The van der Waals surface area contributed by atoms with Crippen molar-refractivity contribution in [2.24, 2.45) is 0 Å². The second-order valence-corrected chi connectivity index (χ2v) is 11.7. The van der Waals surface area contributed by atoms with E-state index in [0.717, 1.165) is 23.4 Å². The minimum atomic E-state index is -0.791. The normalized spacial score (nSPS) is 14.6. The van der Waals surface area contributed by atoms with E-state index < -0.39 is 6.23 Å². The van der Waals surface area contributed by atoms with Gasteiger partial charge < -0.3 is 24.5 Å². The summed E-state index contributed by atoms with van der Waals surface area (Å²) in [7, 11) is 0. The molecule has 0 saturated carbocycles. The van der Waals surface area contributed by atoms with Crippen LogP contribution in [0.5, 0.6) is 5.75 Å². The van der Waals surface area contributed by atoms with Crippen LogP contribution in [-0.4, -0.2) is 29.6 Å². The topological polar surface area (TPSA) is 74.9 Å². The number of nitrogens with one attached hydrogen (secondary N) is 1. The highest BCUT2D eigenvalue weighted by Gasteiger charge is 2.28. The molecule has 0 radical (unpaired) electrons. The largest absolute Gasteiger partial charge is 0.493 e. The number of thioether (sulfide) groups is 1. The minimum Gasteiger partial charge on any atom is -0.493 e. The quantitative estimate of drug-likeness (QED) is 0.157. The summed E-state index contributed by atoms with van der Waals surface area (Å²) < 4.78 is 26.4. The summed E-state index contributed by atoms with van der Waals surface area (Å²) in [6.07, 6.45) is 13.2. The molecule has 2 heterocycles. The first-order valence-electron chi connectivity index (χ1n) is 15.0. The van der Waals surface area contributed by atoms with Crippen LogP contribution in [0, 0.1) is 5.82 Å².